The highest BCUT2D eigenvalue weighted by Crippen LogP contribution is 2.43. The lowest BCUT2D eigenvalue weighted by Crippen LogP contribution is -2.37. The summed E-state index contributed by atoms with van der Waals surface area (Å²) in [5, 5.41) is 18.0. The molecule has 0 amide bonds. The van der Waals surface area contributed by atoms with E-state index in [-0.39, 0.29) is 13.2 Å². The van der Waals surface area contributed by atoms with Crippen LogP contribution in [0, 0.1) is 0 Å². The molecule has 0 spiro atoms. The van der Waals surface area contributed by atoms with E-state index >= 15 is 0 Å². The predicted molar refractivity (Wildman–Crippen MR) is 153 cm³/mol. The summed E-state index contributed by atoms with van der Waals surface area (Å²) in [6.07, 6.45) is 25.8. The first-order valence-corrected chi connectivity index (χ1v) is 14.9. The molecule has 0 aliphatic rings. The molecule has 1 unspecified atom stereocenters. The van der Waals surface area contributed by atoms with Crippen LogP contribution in [0.5, 0.6) is 0 Å². The van der Waals surface area contributed by atoms with Gasteiger partial charge < -0.3 is 19.2 Å². The largest absolute Gasteiger partial charge is 0.472 e. The molecule has 0 saturated carbocycles. The van der Waals surface area contributed by atoms with Crippen LogP contribution in [0.4, 0.5) is 0 Å². The Hall–Kier alpha value is -1.88. The lowest BCUT2D eigenvalue weighted by Gasteiger charge is -2.24. The highest BCUT2D eigenvalue weighted by atomic mass is 31.2. The number of allylic oxidation sites excluding steroid dienone is 9. The van der Waals surface area contributed by atoms with Crippen molar-refractivity contribution in [3.8, 4) is 0 Å². The van der Waals surface area contributed by atoms with Crippen molar-refractivity contribution >= 4 is 13.8 Å². The minimum Gasteiger partial charge on any atom is -0.460 e. The number of carbonyl (C=O) groups is 1. The third kappa shape index (κ3) is 28.9. The van der Waals surface area contributed by atoms with E-state index in [1.165, 1.54) is 44.3 Å². The Morgan fingerprint density at radius 1 is 0.795 bits per heavy atom. The topological polar surface area (TPSA) is 132 Å². The molecule has 0 aromatic rings. The Balaban J connectivity index is 3.88. The first-order valence-electron chi connectivity index (χ1n) is 13.4. The Kier molecular flexibility index (Phi) is 22.8. The molecule has 0 saturated heterocycles. The van der Waals surface area contributed by atoms with Crippen LogP contribution < -0.4 is 0 Å². The molecule has 3 N–H and O–H groups in total. The number of nitrogens with zero attached hydrogens (tertiary/aromatic N) is 1. The van der Waals surface area contributed by atoms with Crippen molar-refractivity contribution < 1.29 is 47.8 Å². The Labute approximate surface area is 234 Å². The molecule has 0 aromatic carbocycles. The summed E-state index contributed by atoms with van der Waals surface area (Å²) in [7, 11) is 1.45. The summed E-state index contributed by atoms with van der Waals surface area (Å²) in [4.78, 5) is 25.4. The Morgan fingerprint density at radius 2 is 1.36 bits per heavy atom. The number of carbonyl (C=O) groups excluding carboxylic acids is 1. The number of aliphatic hydroxyl groups is 1. The maximum Gasteiger partial charge on any atom is 0.472 e. The number of likely N-dealkylation sites (N-methyl/N-ethyl adjacent to an activating group) is 1. The summed E-state index contributed by atoms with van der Waals surface area (Å²) in [6.45, 7) is 0.0672. The fourth-order valence-electron chi connectivity index (χ4n) is 2.93. The lowest BCUT2D eigenvalue weighted by atomic mass is 10.1. The second-order valence-electron chi connectivity index (χ2n) is 9.93. The van der Waals surface area contributed by atoms with Crippen LogP contribution in [0.15, 0.2) is 60.8 Å². The van der Waals surface area contributed by atoms with Gasteiger partial charge in [-0.3, -0.25) is 14.3 Å². The van der Waals surface area contributed by atoms with Crippen molar-refractivity contribution in [3.05, 3.63) is 60.8 Å². The molecule has 224 valence electrons. The van der Waals surface area contributed by atoms with Crippen molar-refractivity contribution in [3.63, 3.8) is 0 Å². The zero-order valence-corrected chi connectivity index (χ0v) is 24.6. The monoisotopic (exact) mass is 574 g/mol. The maximum atomic E-state index is 11.8. The van der Waals surface area contributed by atoms with Crippen LogP contribution in [0.3, 0.4) is 0 Å². The third-order valence-corrected chi connectivity index (χ3v) is 6.10. The van der Waals surface area contributed by atoms with Crippen LogP contribution in [-0.2, 0) is 28.0 Å². The second kappa shape index (κ2) is 24.0. The molecule has 0 rings (SSSR count). The van der Waals surface area contributed by atoms with Gasteiger partial charge in [0, 0.05) is 6.08 Å². The normalized spacial score (nSPS) is 15.3. The summed E-state index contributed by atoms with van der Waals surface area (Å²) >= 11 is 0. The van der Waals surface area contributed by atoms with Gasteiger partial charge in [0.2, 0.25) is 0 Å². The zero-order chi connectivity index (χ0) is 29.2. The molecule has 39 heavy (non-hydrogen) atoms. The van der Waals surface area contributed by atoms with E-state index in [2.05, 4.69) is 11.0 Å². The predicted octanol–water partition coefficient (Wildman–Crippen LogP) is 5.12. The first-order chi connectivity index (χ1) is 18.6. The number of phosphoric acid groups is 1. The molecule has 0 fully saturated rings. The molecular weight excluding hydrogens is 525 g/mol. The van der Waals surface area contributed by atoms with Crippen LogP contribution >= 0.6 is 7.82 Å². The van der Waals surface area contributed by atoms with Gasteiger partial charge in [-0.15, -0.1) is 0 Å². The van der Waals surface area contributed by atoms with Crippen molar-refractivity contribution in [1.29, 1.82) is 0 Å². The van der Waals surface area contributed by atoms with Crippen molar-refractivity contribution in [2.75, 3.05) is 54.1 Å². The molecule has 0 aliphatic heterocycles. The SMILES string of the molecule is C[N+](C)(C)CCOP(=O)(O)OC[C@H](O)COC(=O)C=CC=CC=CC=CC=CCCCCCCCCCOO. The number of esters is 1. The van der Waals surface area contributed by atoms with Gasteiger partial charge >= 0.3 is 13.8 Å². The van der Waals surface area contributed by atoms with E-state index < -0.39 is 26.5 Å². The van der Waals surface area contributed by atoms with Crippen molar-refractivity contribution in [2.45, 2.75) is 57.5 Å². The average molecular weight is 575 g/mol. The van der Waals surface area contributed by atoms with Gasteiger partial charge in [-0.1, -0.05) is 86.8 Å². The van der Waals surface area contributed by atoms with E-state index in [1.807, 2.05) is 51.5 Å². The molecule has 10 nitrogen and oxygen atoms in total. The Bertz CT molecular complexity index is 816. The minimum absolute atomic E-state index is 0.0236. The number of hydrogen-bond donors (Lipinski definition) is 3. The zero-order valence-electron chi connectivity index (χ0n) is 23.7. The molecule has 0 radical (unpaired) electrons. The fraction of sp³-hybridized carbons (Fsp3) is 0.607. The van der Waals surface area contributed by atoms with Gasteiger partial charge in [0.15, 0.2) is 0 Å². The van der Waals surface area contributed by atoms with Gasteiger partial charge in [0.1, 0.15) is 25.9 Å². The van der Waals surface area contributed by atoms with E-state index in [0.29, 0.717) is 17.6 Å². The summed E-state index contributed by atoms with van der Waals surface area (Å²) in [5.41, 5.74) is 0. The Morgan fingerprint density at radius 3 is 1.97 bits per heavy atom. The quantitative estimate of drug-likeness (QED) is 0.0210. The summed E-state index contributed by atoms with van der Waals surface area (Å²) in [6, 6.07) is 0. The lowest BCUT2D eigenvalue weighted by molar-refractivity contribution is -0.870. The minimum atomic E-state index is -4.29. The standard InChI is InChI=1S/C28H48NO9P/c1-29(2,3)22-24-37-39(33,34)38-26-27(30)25-35-28(31)21-19-17-15-13-11-9-7-5-4-6-8-10-12-14-16-18-20-23-36-32/h4-5,7,9,11,13,15,17,19,21,27,30H,6,8,10,12,14,16,18,20,22-26H2,1-3H3,(H-,32,33,34)/p+1/t27-/m1/s1. The van der Waals surface area contributed by atoms with Crippen molar-refractivity contribution in [2.24, 2.45) is 0 Å². The smallest absolute Gasteiger partial charge is 0.460 e. The number of aliphatic hydroxyl groups excluding tert-OH is 1. The summed E-state index contributed by atoms with van der Waals surface area (Å²) < 4.78 is 26.8. The molecule has 11 heteroatoms. The van der Waals surface area contributed by atoms with E-state index in [0.717, 1.165) is 19.3 Å². The number of unbranched alkanes of at least 4 members (excludes halogenated alkanes) is 7. The molecule has 0 heterocycles. The molecule has 2 atom stereocenters. The van der Waals surface area contributed by atoms with Gasteiger partial charge in [0.25, 0.3) is 0 Å². The highest BCUT2D eigenvalue weighted by Gasteiger charge is 2.24. The fourth-order valence-corrected chi connectivity index (χ4v) is 3.68. The maximum absolute atomic E-state index is 11.8. The number of phosphoric ester groups is 1. The first kappa shape index (κ1) is 37.1. The number of ether oxygens (including phenoxy) is 1. The molecule has 0 bridgehead atoms. The summed E-state index contributed by atoms with van der Waals surface area (Å²) in [5.74, 6) is -0.660. The van der Waals surface area contributed by atoms with E-state index in [4.69, 9.17) is 19.0 Å². The van der Waals surface area contributed by atoms with Gasteiger partial charge in [-0.05, 0) is 19.3 Å². The highest BCUT2D eigenvalue weighted by molar-refractivity contribution is 7.47. The van der Waals surface area contributed by atoms with E-state index in [1.54, 1.807) is 12.2 Å². The molecule has 0 aliphatic carbocycles. The van der Waals surface area contributed by atoms with Crippen LogP contribution in [0.1, 0.15) is 51.4 Å². The second-order valence-corrected chi connectivity index (χ2v) is 11.4. The van der Waals surface area contributed by atoms with Crippen molar-refractivity contribution in [1.82, 2.24) is 0 Å². The van der Waals surface area contributed by atoms with Crippen LogP contribution in [0.25, 0.3) is 0 Å². The molecular formula is C28H49NO9P+. The number of quaternary nitrogens is 1. The van der Waals surface area contributed by atoms with Crippen LogP contribution in [-0.4, -0.2) is 85.9 Å². The van der Waals surface area contributed by atoms with Gasteiger partial charge in [-0.25, -0.2) is 14.2 Å². The average Bonchev–Trinajstić information content (AvgIpc) is 2.86. The number of hydrogen-bond acceptors (Lipinski definition) is 8. The molecule has 0 aromatic heterocycles. The van der Waals surface area contributed by atoms with E-state index in [9.17, 15) is 19.4 Å². The third-order valence-electron chi connectivity index (χ3n) is 5.12. The van der Waals surface area contributed by atoms with Crippen LogP contribution in [0.2, 0.25) is 0 Å². The van der Waals surface area contributed by atoms with Gasteiger partial charge in [-0.2, -0.15) is 0 Å². The number of rotatable bonds is 24. The van der Waals surface area contributed by atoms with Gasteiger partial charge in [0.05, 0.1) is 34.4 Å².